The molecule has 2 aromatic rings. The fourth-order valence-electron chi connectivity index (χ4n) is 3.95. The maximum atomic E-state index is 13.5. The normalized spacial score (nSPS) is 22.6. The topological polar surface area (TPSA) is 66.5 Å². The highest BCUT2D eigenvalue weighted by Gasteiger charge is 2.43. The zero-order valence-corrected chi connectivity index (χ0v) is 17.2. The van der Waals surface area contributed by atoms with Crippen LogP contribution in [0.15, 0.2) is 53.4 Å². The monoisotopic (exact) mass is 416 g/mol. The van der Waals surface area contributed by atoms with Gasteiger partial charge in [0.25, 0.3) is 0 Å². The third-order valence-electron chi connectivity index (χ3n) is 5.75. The third kappa shape index (κ3) is 4.21. The second kappa shape index (κ2) is 7.88. The Hall–Kier alpha value is -2.25. The van der Waals surface area contributed by atoms with Gasteiger partial charge in [-0.1, -0.05) is 29.8 Å². The molecule has 4 rings (SSSR count). The quantitative estimate of drug-likeness (QED) is 0.783. The number of nitrogens with zero attached hydrogens (tertiary/aromatic N) is 1. The second-order valence-corrected chi connectivity index (χ2v) is 9.81. The van der Waals surface area contributed by atoms with Crippen LogP contribution in [0.1, 0.15) is 42.9 Å². The first-order valence-electron chi connectivity index (χ1n) is 9.99. The van der Waals surface area contributed by atoms with Gasteiger partial charge in [0, 0.05) is 18.5 Å². The minimum absolute atomic E-state index is 0.00270. The number of carbonyl (C=O) groups excluding carboxylic acids is 1. The minimum Gasteiger partial charge on any atom is -0.354 e. The molecular weight excluding hydrogens is 391 g/mol. The number of hydrogen-bond donors (Lipinski definition) is 1. The van der Waals surface area contributed by atoms with E-state index in [0.29, 0.717) is 12.8 Å². The van der Waals surface area contributed by atoms with Crippen LogP contribution in [0, 0.1) is 18.7 Å². The fraction of sp³-hybridized carbons (Fsp3) is 0.409. The first-order valence-corrected chi connectivity index (χ1v) is 11.4. The number of aryl methyl sites for hydroxylation is 1. The standard InChI is InChI=1S/C22H25FN2O3S/c1-15-2-11-20(12-3-15)29(27,28)25-19(14-24-22(26)17-4-5-17)10-13-21(25)16-6-8-18(23)9-7-16/h2-3,6-9,11-12,17,19,21H,4-5,10,13-14H2,1H3,(H,24,26). The highest BCUT2D eigenvalue weighted by Crippen LogP contribution is 2.40. The average Bonchev–Trinajstić information content (AvgIpc) is 3.46. The van der Waals surface area contributed by atoms with Crippen LogP contribution in [0.3, 0.4) is 0 Å². The molecule has 2 unspecified atom stereocenters. The molecule has 1 saturated carbocycles. The molecule has 0 spiro atoms. The van der Waals surface area contributed by atoms with Gasteiger partial charge in [0.05, 0.1) is 10.9 Å². The van der Waals surface area contributed by atoms with Gasteiger partial charge in [-0.15, -0.1) is 0 Å². The number of nitrogens with one attached hydrogen (secondary N) is 1. The van der Waals surface area contributed by atoms with Crippen LogP contribution in [-0.2, 0) is 14.8 Å². The molecule has 29 heavy (non-hydrogen) atoms. The van der Waals surface area contributed by atoms with E-state index in [1.54, 1.807) is 36.4 Å². The van der Waals surface area contributed by atoms with Crippen LogP contribution >= 0.6 is 0 Å². The van der Waals surface area contributed by atoms with Gasteiger partial charge in [-0.25, -0.2) is 12.8 Å². The number of carbonyl (C=O) groups is 1. The summed E-state index contributed by atoms with van der Waals surface area (Å²) in [5.41, 5.74) is 1.74. The van der Waals surface area contributed by atoms with Crippen LogP contribution < -0.4 is 5.32 Å². The van der Waals surface area contributed by atoms with Crippen LogP contribution in [0.4, 0.5) is 4.39 Å². The highest BCUT2D eigenvalue weighted by molar-refractivity contribution is 7.89. The molecule has 2 atom stereocenters. The smallest absolute Gasteiger partial charge is 0.243 e. The van der Waals surface area contributed by atoms with E-state index < -0.39 is 10.0 Å². The Bertz CT molecular complexity index is 986. The van der Waals surface area contributed by atoms with E-state index in [9.17, 15) is 17.6 Å². The van der Waals surface area contributed by atoms with Gasteiger partial charge in [-0.2, -0.15) is 4.31 Å². The molecule has 154 valence electrons. The molecule has 0 bridgehead atoms. The second-order valence-electron chi connectivity index (χ2n) is 7.97. The summed E-state index contributed by atoms with van der Waals surface area (Å²) in [5.74, 6) is -0.276. The number of benzene rings is 2. The van der Waals surface area contributed by atoms with E-state index in [4.69, 9.17) is 0 Å². The van der Waals surface area contributed by atoms with Crippen molar-refractivity contribution < 1.29 is 17.6 Å². The number of sulfonamides is 1. The van der Waals surface area contributed by atoms with Crippen molar-refractivity contribution in [2.75, 3.05) is 6.54 Å². The predicted molar refractivity (Wildman–Crippen MR) is 108 cm³/mol. The Kier molecular flexibility index (Phi) is 5.44. The maximum Gasteiger partial charge on any atom is 0.243 e. The molecule has 2 aliphatic rings. The lowest BCUT2D eigenvalue weighted by atomic mass is 10.1. The van der Waals surface area contributed by atoms with Gasteiger partial charge < -0.3 is 5.32 Å². The summed E-state index contributed by atoms with van der Waals surface area (Å²) < 4.78 is 42.0. The molecule has 1 aliphatic carbocycles. The Morgan fingerprint density at radius 1 is 1.03 bits per heavy atom. The molecular formula is C22H25FN2O3S. The van der Waals surface area contributed by atoms with E-state index in [-0.39, 0.29) is 41.2 Å². The van der Waals surface area contributed by atoms with E-state index >= 15 is 0 Å². The molecule has 0 radical (unpaired) electrons. The Labute approximate surface area is 171 Å². The van der Waals surface area contributed by atoms with Crippen LogP contribution in [-0.4, -0.2) is 31.2 Å². The molecule has 7 heteroatoms. The summed E-state index contributed by atoms with van der Waals surface area (Å²) in [7, 11) is -3.78. The largest absolute Gasteiger partial charge is 0.354 e. The van der Waals surface area contributed by atoms with Crippen molar-refractivity contribution in [1.29, 1.82) is 0 Å². The zero-order valence-electron chi connectivity index (χ0n) is 16.3. The highest BCUT2D eigenvalue weighted by atomic mass is 32.2. The van der Waals surface area contributed by atoms with Crippen molar-refractivity contribution in [2.24, 2.45) is 5.92 Å². The Balaban J connectivity index is 1.65. The van der Waals surface area contributed by atoms with E-state index in [1.165, 1.54) is 16.4 Å². The number of amides is 1. The van der Waals surface area contributed by atoms with Crippen LogP contribution in [0.25, 0.3) is 0 Å². The van der Waals surface area contributed by atoms with Crippen molar-refractivity contribution >= 4 is 15.9 Å². The lowest BCUT2D eigenvalue weighted by Crippen LogP contribution is -2.44. The van der Waals surface area contributed by atoms with Crippen molar-refractivity contribution in [3.8, 4) is 0 Å². The van der Waals surface area contributed by atoms with Crippen LogP contribution in [0.2, 0.25) is 0 Å². The zero-order chi connectivity index (χ0) is 20.6. The lowest BCUT2D eigenvalue weighted by molar-refractivity contribution is -0.122. The van der Waals surface area contributed by atoms with Crippen molar-refractivity contribution in [3.05, 3.63) is 65.5 Å². The summed E-state index contributed by atoms with van der Waals surface area (Å²) in [6.45, 7) is 2.20. The summed E-state index contributed by atoms with van der Waals surface area (Å²) in [5, 5.41) is 2.93. The van der Waals surface area contributed by atoms with E-state index in [1.807, 2.05) is 6.92 Å². The first kappa shape index (κ1) is 20.0. The van der Waals surface area contributed by atoms with E-state index in [0.717, 1.165) is 24.0 Å². The van der Waals surface area contributed by atoms with Crippen molar-refractivity contribution in [3.63, 3.8) is 0 Å². The summed E-state index contributed by atoms with van der Waals surface area (Å²) in [6.07, 6.45) is 3.07. The molecule has 1 heterocycles. The molecule has 1 N–H and O–H groups in total. The van der Waals surface area contributed by atoms with Gasteiger partial charge >= 0.3 is 0 Å². The predicted octanol–water partition coefficient (Wildman–Crippen LogP) is 3.55. The fourth-order valence-corrected chi connectivity index (χ4v) is 5.81. The van der Waals surface area contributed by atoms with Gasteiger partial charge in [0.2, 0.25) is 15.9 Å². The lowest BCUT2D eigenvalue weighted by Gasteiger charge is -2.30. The molecule has 0 aromatic heterocycles. The summed E-state index contributed by atoms with van der Waals surface area (Å²) >= 11 is 0. The summed E-state index contributed by atoms with van der Waals surface area (Å²) in [4.78, 5) is 12.3. The van der Waals surface area contributed by atoms with Gasteiger partial charge in [0.1, 0.15) is 5.82 Å². The molecule has 2 aromatic carbocycles. The Morgan fingerprint density at radius 2 is 1.69 bits per heavy atom. The molecule has 1 saturated heterocycles. The molecule has 1 amide bonds. The molecule has 5 nitrogen and oxygen atoms in total. The van der Waals surface area contributed by atoms with Gasteiger partial charge in [-0.3, -0.25) is 4.79 Å². The molecule has 2 fully saturated rings. The molecule has 1 aliphatic heterocycles. The third-order valence-corrected chi connectivity index (χ3v) is 7.73. The SMILES string of the molecule is Cc1ccc(S(=O)(=O)N2C(CNC(=O)C3CC3)CCC2c2ccc(F)cc2)cc1. The number of hydrogen-bond acceptors (Lipinski definition) is 3. The van der Waals surface area contributed by atoms with Gasteiger partial charge in [-0.05, 0) is 62.4 Å². The van der Waals surface area contributed by atoms with Crippen LogP contribution in [0.5, 0.6) is 0 Å². The van der Waals surface area contributed by atoms with E-state index in [2.05, 4.69) is 5.32 Å². The minimum atomic E-state index is -3.78. The first-order chi connectivity index (χ1) is 13.9. The number of rotatable bonds is 6. The van der Waals surface area contributed by atoms with Crippen molar-refractivity contribution in [2.45, 2.75) is 49.6 Å². The van der Waals surface area contributed by atoms with Crippen molar-refractivity contribution in [1.82, 2.24) is 9.62 Å². The average molecular weight is 417 g/mol. The maximum absolute atomic E-state index is 13.5. The van der Waals surface area contributed by atoms with Gasteiger partial charge in [0.15, 0.2) is 0 Å². The summed E-state index contributed by atoms with van der Waals surface area (Å²) in [6, 6.07) is 12.1. The Morgan fingerprint density at radius 3 is 2.31 bits per heavy atom. The number of halogens is 1.